The summed E-state index contributed by atoms with van der Waals surface area (Å²) in [6, 6.07) is 19.2. The zero-order valence-corrected chi connectivity index (χ0v) is 18.3. The van der Waals surface area contributed by atoms with Crippen molar-refractivity contribution in [3.63, 3.8) is 0 Å². The lowest BCUT2D eigenvalue weighted by molar-refractivity contribution is -0.122. The van der Waals surface area contributed by atoms with Gasteiger partial charge < -0.3 is 4.74 Å². The SMILES string of the molecule is O=C(OCC(=O)N1c2ccccc2SCC1c1ccccc1)c1sccc1-n1cnnn1. The van der Waals surface area contributed by atoms with E-state index in [-0.39, 0.29) is 18.6 Å². The fourth-order valence-corrected chi connectivity index (χ4v) is 5.53. The number of carbonyl (C=O) groups excluding carboxylic acids is 2. The molecule has 2 aromatic carbocycles. The van der Waals surface area contributed by atoms with Crippen LogP contribution in [-0.4, -0.2) is 44.4 Å². The lowest BCUT2D eigenvalue weighted by Crippen LogP contribution is -2.41. The molecule has 2 aromatic heterocycles. The fraction of sp³-hybridized carbons (Fsp3) is 0.136. The second-order valence-corrected chi connectivity index (χ2v) is 8.91. The molecule has 4 aromatic rings. The van der Waals surface area contributed by atoms with Gasteiger partial charge in [0.25, 0.3) is 5.91 Å². The van der Waals surface area contributed by atoms with Gasteiger partial charge in [0.05, 0.1) is 17.4 Å². The average molecular weight is 464 g/mol. The van der Waals surface area contributed by atoms with Gasteiger partial charge >= 0.3 is 5.97 Å². The van der Waals surface area contributed by atoms with E-state index < -0.39 is 5.97 Å². The number of para-hydroxylation sites is 1. The zero-order valence-electron chi connectivity index (χ0n) is 16.7. The number of hydrogen-bond donors (Lipinski definition) is 0. The van der Waals surface area contributed by atoms with Gasteiger partial charge in [-0.25, -0.2) is 4.79 Å². The van der Waals surface area contributed by atoms with Gasteiger partial charge in [-0.2, -0.15) is 4.68 Å². The Morgan fingerprint density at radius 3 is 2.66 bits per heavy atom. The number of esters is 1. The number of tetrazole rings is 1. The Hall–Kier alpha value is -3.50. The summed E-state index contributed by atoms with van der Waals surface area (Å²) in [6.07, 6.45) is 1.40. The van der Waals surface area contributed by atoms with Crippen molar-refractivity contribution in [3.05, 3.63) is 82.8 Å². The molecule has 1 atom stereocenters. The Kier molecular flexibility index (Phi) is 5.70. The van der Waals surface area contributed by atoms with Crippen molar-refractivity contribution in [2.24, 2.45) is 0 Å². The molecule has 5 rings (SSSR count). The van der Waals surface area contributed by atoms with Crippen LogP contribution in [0.25, 0.3) is 5.69 Å². The van der Waals surface area contributed by atoms with E-state index in [2.05, 4.69) is 15.5 Å². The number of thiophene rings is 1. The van der Waals surface area contributed by atoms with Crippen LogP contribution in [0, 0.1) is 0 Å². The molecule has 0 saturated carbocycles. The first-order valence-corrected chi connectivity index (χ1v) is 11.7. The molecular formula is C22H17N5O3S2. The first-order valence-electron chi connectivity index (χ1n) is 9.79. The van der Waals surface area contributed by atoms with Crippen molar-refractivity contribution in [2.45, 2.75) is 10.9 Å². The molecule has 0 N–H and O–H groups in total. The predicted molar refractivity (Wildman–Crippen MR) is 121 cm³/mol. The number of benzene rings is 2. The maximum atomic E-state index is 13.3. The number of thioether (sulfide) groups is 1. The maximum Gasteiger partial charge on any atom is 0.351 e. The van der Waals surface area contributed by atoms with Crippen LogP contribution in [0.1, 0.15) is 21.3 Å². The number of ether oxygens (including phenoxy) is 1. The molecule has 160 valence electrons. The summed E-state index contributed by atoms with van der Waals surface area (Å²) in [5, 5.41) is 12.8. The minimum atomic E-state index is -0.588. The van der Waals surface area contributed by atoms with Crippen LogP contribution in [0.3, 0.4) is 0 Å². The first kappa shape index (κ1) is 20.4. The van der Waals surface area contributed by atoms with E-state index in [1.54, 1.807) is 28.1 Å². The number of hydrogen-bond acceptors (Lipinski definition) is 8. The topological polar surface area (TPSA) is 90.2 Å². The molecule has 0 fully saturated rings. The molecule has 0 saturated heterocycles. The number of rotatable bonds is 5. The standard InChI is InChI=1S/C22H17N5O3S2/c28-20(12-30-22(29)21-17(10-11-31-21)26-14-23-24-25-26)27-16-8-4-5-9-19(16)32-13-18(27)15-6-2-1-3-7-15/h1-11,14,18H,12-13H2. The van der Waals surface area contributed by atoms with Crippen LogP contribution < -0.4 is 4.90 Å². The van der Waals surface area contributed by atoms with Gasteiger partial charge in [0.2, 0.25) is 0 Å². The summed E-state index contributed by atoms with van der Waals surface area (Å²) < 4.78 is 6.82. The molecule has 8 nitrogen and oxygen atoms in total. The Bertz CT molecular complexity index is 1240. The van der Waals surface area contributed by atoms with Crippen molar-refractivity contribution < 1.29 is 14.3 Å². The Morgan fingerprint density at radius 1 is 1.03 bits per heavy atom. The monoisotopic (exact) mass is 463 g/mol. The van der Waals surface area contributed by atoms with Gasteiger partial charge in [0, 0.05) is 10.6 Å². The molecule has 1 aliphatic heterocycles. The summed E-state index contributed by atoms with van der Waals surface area (Å²) >= 11 is 2.92. The molecule has 10 heteroatoms. The Labute approximate surface area is 191 Å². The molecule has 1 amide bonds. The van der Waals surface area contributed by atoms with Crippen molar-refractivity contribution in [1.82, 2.24) is 20.2 Å². The largest absolute Gasteiger partial charge is 0.451 e. The minimum absolute atomic E-state index is 0.152. The number of aromatic nitrogens is 4. The summed E-state index contributed by atoms with van der Waals surface area (Å²) in [4.78, 5) is 29.2. The number of amides is 1. The second-order valence-electron chi connectivity index (χ2n) is 6.93. The molecule has 1 aliphatic rings. The first-order chi connectivity index (χ1) is 15.7. The Balaban J connectivity index is 1.38. The molecule has 3 heterocycles. The van der Waals surface area contributed by atoms with Crippen molar-refractivity contribution >= 4 is 40.7 Å². The number of nitrogens with zero attached hydrogens (tertiary/aromatic N) is 5. The van der Waals surface area contributed by atoms with E-state index in [0.717, 1.165) is 21.9 Å². The Morgan fingerprint density at radius 2 is 1.84 bits per heavy atom. The van der Waals surface area contributed by atoms with Crippen LogP contribution in [0.15, 0.2) is 77.3 Å². The third-order valence-electron chi connectivity index (χ3n) is 5.04. The quantitative estimate of drug-likeness (QED) is 0.416. The van der Waals surface area contributed by atoms with E-state index >= 15 is 0 Å². The lowest BCUT2D eigenvalue weighted by Gasteiger charge is -2.37. The van der Waals surface area contributed by atoms with Gasteiger partial charge in [-0.05, 0) is 39.6 Å². The number of carbonyl (C=O) groups is 2. The highest BCUT2D eigenvalue weighted by atomic mass is 32.2. The third kappa shape index (κ3) is 3.90. The van der Waals surface area contributed by atoms with Crippen molar-refractivity contribution in [1.29, 1.82) is 0 Å². The van der Waals surface area contributed by atoms with E-state index in [9.17, 15) is 9.59 Å². The van der Waals surface area contributed by atoms with Gasteiger partial charge in [0.15, 0.2) is 6.61 Å². The summed E-state index contributed by atoms with van der Waals surface area (Å²) in [7, 11) is 0. The van der Waals surface area contributed by atoms with Crippen LogP contribution >= 0.6 is 23.1 Å². The van der Waals surface area contributed by atoms with Crippen LogP contribution in [0.5, 0.6) is 0 Å². The third-order valence-corrected chi connectivity index (χ3v) is 7.06. The average Bonchev–Trinajstić information content (AvgIpc) is 3.54. The van der Waals surface area contributed by atoms with Crippen LogP contribution in [0.2, 0.25) is 0 Å². The fourth-order valence-electron chi connectivity index (χ4n) is 3.59. The van der Waals surface area contributed by atoms with Crippen molar-refractivity contribution in [3.8, 4) is 5.69 Å². The lowest BCUT2D eigenvalue weighted by atomic mass is 10.1. The maximum absolute atomic E-state index is 13.3. The van der Waals surface area contributed by atoms with Crippen molar-refractivity contribution in [2.75, 3.05) is 17.3 Å². The summed E-state index contributed by atoms with van der Waals surface area (Å²) in [6.45, 7) is -0.367. The van der Waals surface area contributed by atoms with Gasteiger partial charge in [-0.15, -0.1) is 28.2 Å². The van der Waals surface area contributed by atoms with Gasteiger partial charge in [-0.3, -0.25) is 9.69 Å². The molecule has 32 heavy (non-hydrogen) atoms. The summed E-state index contributed by atoms with van der Waals surface area (Å²) in [5.74, 6) is -0.148. The molecule has 0 bridgehead atoms. The minimum Gasteiger partial charge on any atom is -0.451 e. The molecule has 0 radical (unpaired) electrons. The molecular weight excluding hydrogens is 446 g/mol. The zero-order chi connectivity index (χ0) is 21.9. The van der Waals surface area contributed by atoms with E-state index in [1.165, 1.54) is 22.3 Å². The number of anilines is 1. The molecule has 0 aliphatic carbocycles. The summed E-state index contributed by atoms with van der Waals surface area (Å²) in [5.41, 5.74) is 2.37. The highest BCUT2D eigenvalue weighted by molar-refractivity contribution is 7.99. The van der Waals surface area contributed by atoms with E-state index in [1.807, 2.05) is 54.6 Å². The highest BCUT2D eigenvalue weighted by Crippen LogP contribution is 2.43. The normalized spacial score (nSPS) is 15.2. The molecule has 0 spiro atoms. The molecule has 1 unspecified atom stereocenters. The van der Waals surface area contributed by atoms with E-state index in [0.29, 0.717) is 10.6 Å². The predicted octanol–water partition coefficient (Wildman–Crippen LogP) is 3.76. The van der Waals surface area contributed by atoms with Crippen LogP contribution in [0.4, 0.5) is 5.69 Å². The van der Waals surface area contributed by atoms with Crippen LogP contribution in [-0.2, 0) is 9.53 Å². The number of fused-ring (bicyclic) bond motifs is 1. The van der Waals surface area contributed by atoms with Gasteiger partial charge in [0.1, 0.15) is 11.2 Å². The highest BCUT2D eigenvalue weighted by Gasteiger charge is 2.33. The second kappa shape index (κ2) is 8.93. The smallest absolute Gasteiger partial charge is 0.351 e. The van der Waals surface area contributed by atoms with Gasteiger partial charge in [-0.1, -0.05) is 42.5 Å². The van der Waals surface area contributed by atoms with E-state index in [4.69, 9.17) is 4.74 Å².